The molecular weight excluding hydrogens is 722 g/mol. The maximum Gasteiger partial charge on any atom is 0.332 e. The van der Waals surface area contributed by atoms with Crippen molar-refractivity contribution in [2.45, 2.75) is 0 Å². The van der Waals surface area contributed by atoms with E-state index < -0.39 is 17.0 Å². The molecule has 0 radical (unpaired) electrons. The Labute approximate surface area is 319 Å². The van der Waals surface area contributed by atoms with Crippen molar-refractivity contribution in [1.29, 1.82) is 0 Å². The van der Waals surface area contributed by atoms with E-state index in [0.29, 0.717) is 33.6 Å². The van der Waals surface area contributed by atoms with Crippen LogP contribution < -0.4 is 31.8 Å². The number of nitrogens with zero attached hydrogens (tertiary/aromatic N) is 5. The van der Waals surface area contributed by atoms with Gasteiger partial charge in [-0.05, 0) is 65.8 Å². The smallest absolute Gasteiger partial charge is 0.332 e. The van der Waals surface area contributed by atoms with Gasteiger partial charge in [-0.15, -0.1) is 0 Å². The van der Waals surface area contributed by atoms with E-state index in [2.05, 4.69) is 21.1 Å². The second-order valence-corrected chi connectivity index (χ2v) is 11.6. The topological polar surface area (TPSA) is 255 Å². The standard InChI is InChI=1S/C39H35N9O8/c1-55-35-19-24(13-17-33(35)49)11-15-31(42-44-38(40)51)30(32(43-45-39(41)52)16-12-25-14-18-34(50)36(20-25)56-2)22-27-23-47(28-8-4-3-5-9-28)46-37(27)26-7-6-10-29(21-26)48(53)54/h3-23,49-50H,1-2H3,(H3,40,44,51)(H3,41,45,52)/b15-11+,16-12+,42-31+,43-32+. The van der Waals surface area contributed by atoms with Crippen LogP contribution in [0.25, 0.3) is 35.2 Å². The van der Waals surface area contributed by atoms with Crippen LogP contribution >= 0.6 is 0 Å². The minimum absolute atomic E-state index is 0.0197. The largest absolute Gasteiger partial charge is 0.504 e. The van der Waals surface area contributed by atoms with Crippen LogP contribution in [0.3, 0.4) is 0 Å². The maximum atomic E-state index is 12.0. The number of urea groups is 2. The van der Waals surface area contributed by atoms with Crippen LogP contribution in [0.2, 0.25) is 0 Å². The molecule has 1 heterocycles. The molecule has 17 heteroatoms. The molecule has 0 bridgehead atoms. The van der Waals surface area contributed by atoms with Crippen molar-refractivity contribution in [3.8, 4) is 39.9 Å². The Bertz CT molecular complexity index is 2320. The lowest BCUT2D eigenvalue weighted by Crippen LogP contribution is -2.28. The normalized spacial score (nSPS) is 11.7. The number of nitrogens with one attached hydrogen (secondary N) is 2. The summed E-state index contributed by atoms with van der Waals surface area (Å²) in [6.45, 7) is 0. The molecule has 0 atom stereocenters. The van der Waals surface area contributed by atoms with Crippen LogP contribution in [0, 0.1) is 10.1 Å². The number of hydrogen-bond donors (Lipinski definition) is 6. The number of allylic oxidation sites excluding steroid dienone is 3. The highest BCUT2D eigenvalue weighted by Crippen LogP contribution is 2.31. The number of phenols is 2. The number of hydrogen-bond acceptors (Lipinski definition) is 11. The third kappa shape index (κ3) is 10.0. The molecule has 0 aliphatic heterocycles. The number of hydrazone groups is 2. The Balaban J connectivity index is 1.82. The molecule has 1 aromatic heterocycles. The Morgan fingerprint density at radius 1 is 0.804 bits per heavy atom. The second-order valence-electron chi connectivity index (χ2n) is 11.6. The van der Waals surface area contributed by atoms with Crippen LogP contribution in [-0.2, 0) is 0 Å². The van der Waals surface area contributed by atoms with Gasteiger partial charge >= 0.3 is 12.1 Å². The summed E-state index contributed by atoms with van der Waals surface area (Å²) in [5, 5.41) is 45.4. The zero-order chi connectivity index (χ0) is 40.2. The van der Waals surface area contributed by atoms with Gasteiger partial charge in [0.05, 0.1) is 36.3 Å². The van der Waals surface area contributed by atoms with Gasteiger partial charge in [0, 0.05) is 35.0 Å². The third-order valence-electron chi connectivity index (χ3n) is 7.79. The number of phenolic OH excluding ortho intramolecular Hbond substituents is 2. The summed E-state index contributed by atoms with van der Waals surface area (Å²) in [6, 6.07) is 22.2. The fourth-order valence-corrected chi connectivity index (χ4v) is 5.18. The molecule has 5 rings (SSSR count). The van der Waals surface area contributed by atoms with E-state index in [1.54, 1.807) is 59.4 Å². The number of primary amides is 2. The van der Waals surface area contributed by atoms with E-state index in [9.17, 15) is 29.9 Å². The molecule has 284 valence electrons. The highest BCUT2D eigenvalue weighted by atomic mass is 16.6. The summed E-state index contributed by atoms with van der Waals surface area (Å²) < 4.78 is 12.1. The SMILES string of the molecule is COc1cc(/C=C/C(=N\NC(N)=O)C(=Cc2cn(-c3ccccc3)nc2-c2cccc([N+](=O)[O-])c2)C(/C=C/c2ccc(O)c(OC)c2)=N/NC(N)=O)ccc1O. The average Bonchev–Trinajstić information content (AvgIpc) is 3.62. The summed E-state index contributed by atoms with van der Waals surface area (Å²) in [6.07, 6.45) is 9.45. The minimum Gasteiger partial charge on any atom is -0.504 e. The number of nitro benzene ring substituents is 1. The molecule has 0 fully saturated rings. The van der Waals surface area contributed by atoms with E-state index in [0.717, 1.165) is 0 Å². The van der Waals surface area contributed by atoms with Crippen molar-refractivity contribution in [2.24, 2.45) is 21.7 Å². The van der Waals surface area contributed by atoms with Gasteiger partial charge in [-0.2, -0.15) is 15.3 Å². The van der Waals surface area contributed by atoms with Gasteiger partial charge in [0.15, 0.2) is 23.0 Å². The van der Waals surface area contributed by atoms with Crippen LogP contribution in [-0.4, -0.2) is 62.6 Å². The number of para-hydroxylation sites is 1. The molecule has 4 amide bonds. The predicted molar refractivity (Wildman–Crippen MR) is 211 cm³/mol. The fraction of sp³-hybridized carbons (Fsp3) is 0.0513. The molecule has 0 saturated carbocycles. The van der Waals surface area contributed by atoms with Crippen LogP contribution in [0.5, 0.6) is 23.0 Å². The average molecular weight is 758 g/mol. The maximum absolute atomic E-state index is 12.0. The van der Waals surface area contributed by atoms with Crippen molar-refractivity contribution >= 4 is 47.4 Å². The van der Waals surface area contributed by atoms with Gasteiger partial charge in [-0.1, -0.05) is 54.6 Å². The Morgan fingerprint density at radius 3 is 1.86 bits per heavy atom. The summed E-state index contributed by atoms with van der Waals surface area (Å²) in [5.74, 6) is 0.182. The predicted octanol–water partition coefficient (Wildman–Crippen LogP) is 5.73. The number of methoxy groups -OCH3 is 2. The third-order valence-corrected chi connectivity index (χ3v) is 7.79. The summed E-state index contributed by atoms with van der Waals surface area (Å²) in [7, 11) is 2.79. The Morgan fingerprint density at radius 2 is 1.36 bits per heavy atom. The van der Waals surface area contributed by atoms with Crippen molar-refractivity contribution in [1.82, 2.24) is 20.6 Å². The van der Waals surface area contributed by atoms with Gasteiger partial charge < -0.3 is 31.2 Å². The number of carbonyl (C=O) groups excluding carboxylic acids is 2. The van der Waals surface area contributed by atoms with E-state index in [-0.39, 0.29) is 45.7 Å². The van der Waals surface area contributed by atoms with Crippen molar-refractivity contribution < 1.29 is 34.2 Å². The number of aromatic hydroxyl groups is 2. The molecule has 5 aromatic rings. The highest BCUT2D eigenvalue weighted by Gasteiger charge is 2.19. The molecule has 17 nitrogen and oxygen atoms in total. The summed E-state index contributed by atoms with van der Waals surface area (Å²) >= 11 is 0. The first-order chi connectivity index (χ1) is 26.9. The first kappa shape index (κ1) is 39.0. The molecule has 0 aliphatic carbocycles. The van der Waals surface area contributed by atoms with E-state index >= 15 is 0 Å². The number of nitrogens with two attached hydrogens (primary N) is 2. The second kappa shape index (κ2) is 18.0. The summed E-state index contributed by atoms with van der Waals surface area (Å²) in [4.78, 5) is 35.4. The monoisotopic (exact) mass is 757 g/mol. The Kier molecular flexibility index (Phi) is 12.6. The van der Waals surface area contributed by atoms with Gasteiger partial charge in [0.1, 0.15) is 5.69 Å². The number of amides is 4. The molecule has 4 aromatic carbocycles. The number of rotatable bonds is 14. The number of ether oxygens (including phenoxy) is 2. The molecule has 0 spiro atoms. The minimum atomic E-state index is -1.00. The van der Waals surface area contributed by atoms with E-state index in [1.807, 2.05) is 30.3 Å². The van der Waals surface area contributed by atoms with Crippen LogP contribution in [0.1, 0.15) is 16.7 Å². The van der Waals surface area contributed by atoms with E-state index in [1.165, 1.54) is 56.7 Å². The number of aromatic nitrogens is 2. The summed E-state index contributed by atoms with van der Waals surface area (Å²) in [5.41, 5.74) is 18.2. The lowest BCUT2D eigenvalue weighted by atomic mass is 9.98. The molecule has 8 N–H and O–H groups in total. The molecular formula is C39H35N9O8. The van der Waals surface area contributed by atoms with Gasteiger partial charge in [-0.25, -0.2) is 25.1 Å². The lowest BCUT2D eigenvalue weighted by Gasteiger charge is -2.11. The van der Waals surface area contributed by atoms with Crippen LogP contribution in [0.4, 0.5) is 15.3 Å². The van der Waals surface area contributed by atoms with E-state index in [4.69, 9.17) is 26.0 Å². The van der Waals surface area contributed by atoms with Gasteiger partial charge in [-0.3, -0.25) is 10.1 Å². The Hall–Kier alpha value is -8.21. The molecule has 56 heavy (non-hydrogen) atoms. The van der Waals surface area contributed by atoms with Gasteiger partial charge in [0.25, 0.3) is 5.69 Å². The zero-order valence-corrected chi connectivity index (χ0v) is 29.9. The first-order valence-corrected chi connectivity index (χ1v) is 16.4. The first-order valence-electron chi connectivity index (χ1n) is 16.4. The van der Waals surface area contributed by atoms with Crippen molar-refractivity contribution in [2.75, 3.05) is 14.2 Å². The number of non-ortho nitro benzene ring substituents is 1. The fourth-order valence-electron chi connectivity index (χ4n) is 5.18. The molecule has 0 unspecified atom stereocenters. The number of nitro groups is 1. The highest BCUT2D eigenvalue weighted by molar-refractivity contribution is 6.35. The lowest BCUT2D eigenvalue weighted by molar-refractivity contribution is -0.384. The number of benzene rings is 4. The quantitative estimate of drug-likeness (QED) is 0.0458. The zero-order valence-electron chi connectivity index (χ0n) is 29.9. The molecule has 0 saturated heterocycles. The van der Waals surface area contributed by atoms with Crippen LogP contribution in [0.15, 0.2) is 125 Å². The number of carbonyl (C=O) groups is 2. The molecule has 0 aliphatic rings. The van der Waals surface area contributed by atoms with Crippen molar-refractivity contribution in [3.63, 3.8) is 0 Å². The van der Waals surface area contributed by atoms with Crippen molar-refractivity contribution in [3.05, 3.63) is 142 Å². The van der Waals surface area contributed by atoms with Gasteiger partial charge in [0.2, 0.25) is 0 Å².